The van der Waals surface area contributed by atoms with Crippen LogP contribution in [0.3, 0.4) is 0 Å². The third-order valence-electron chi connectivity index (χ3n) is 4.76. The number of aromatic nitrogens is 1. The van der Waals surface area contributed by atoms with Gasteiger partial charge in [0.15, 0.2) is 5.96 Å². The molecule has 28 heavy (non-hydrogen) atoms. The van der Waals surface area contributed by atoms with Gasteiger partial charge in [-0.2, -0.15) is 0 Å². The van der Waals surface area contributed by atoms with Crippen LogP contribution in [0.5, 0.6) is 0 Å². The molecule has 0 atom stereocenters. The van der Waals surface area contributed by atoms with Crippen LogP contribution >= 0.6 is 24.0 Å². The first kappa shape index (κ1) is 20.1. The number of para-hydroxylation sites is 1. The van der Waals surface area contributed by atoms with Gasteiger partial charge < -0.3 is 15.1 Å². The van der Waals surface area contributed by atoms with E-state index in [-0.39, 0.29) is 24.0 Å². The summed E-state index contributed by atoms with van der Waals surface area (Å²) in [5.74, 6) is 1.63. The van der Waals surface area contributed by atoms with E-state index < -0.39 is 0 Å². The monoisotopic (exact) mass is 486 g/mol. The molecule has 0 unspecified atom stereocenters. The number of aliphatic imine (C=N–C) groups is 1. The Bertz CT molecular complexity index is 1110. The Hall–Kier alpha value is -2.61. The van der Waals surface area contributed by atoms with E-state index in [0.29, 0.717) is 19.0 Å². The highest BCUT2D eigenvalue weighted by atomic mass is 127. The highest BCUT2D eigenvalue weighted by Gasteiger charge is 2.10. The normalized spacial score (nSPS) is 11.4. The van der Waals surface area contributed by atoms with Crippen molar-refractivity contribution < 1.29 is 4.42 Å². The molecule has 0 amide bonds. The van der Waals surface area contributed by atoms with Gasteiger partial charge >= 0.3 is 0 Å². The first-order chi connectivity index (χ1) is 13.3. The van der Waals surface area contributed by atoms with Crippen LogP contribution in [0, 0.1) is 6.92 Å². The third-order valence-corrected chi connectivity index (χ3v) is 4.76. The van der Waals surface area contributed by atoms with E-state index in [0.717, 1.165) is 33.4 Å². The van der Waals surface area contributed by atoms with E-state index in [4.69, 9.17) is 4.42 Å². The van der Waals surface area contributed by atoms with Gasteiger partial charge in [-0.05, 0) is 24.4 Å². The van der Waals surface area contributed by atoms with Crippen molar-refractivity contribution in [3.05, 3.63) is 77.8 Å². The van der Waals surface area contributed by atoms with Crippen LogP contribution in [-0.2, 0) is 13.1 Å². The van der Waals surface area contributed by atoms with Crippen molar-refractivity contribution >= 4 is 51.7 Å². The molecular formula is C22H23IN4O. The predicted octanol–water partition coefficient (Wildman–Crippen LogP) is 4.77. The van der Waals surface area contributed by atoms with E-state index in [1.165, 1.54) is 5.39 Å². The number of benzene rings is 2. The fraction of sp³-hybridized carbons (Fsp3) is 0.182. The molecular weight excluding hydrogens is 463 g/mol. The van der Waals surface area contributed by atoms with Crippen LogP contribution < -0.4 is 10.6 Å². The molecule has 0 saturated carbocycles. The van der Waals surface area contributed by atoms with E-state index in [9.17, 15) is 0 Å². The largest absolute Gasteiger partial charge is 0.459 e. The molecule has 2 aromatic heterocycles. The van der Waals surface area contributed by atoms with Crippen molar-refractivity contribution in [3.63, 3.8) is 0 Å². The quantitative estimate of drug-likeness (QED) is 0.248. The summed E-state index contributed by atoms with van der Waals surface area (Å²) >= 11 is 0. The van der Waals surface area contributed by atoms with Crippen LogP contribution in [0.1, 0.15) is 17.0 Å². The van der Waals surface area contributed by atoms with Gasteiger partial charge in [-0.25, -0.2) is 0 Å². The molecule has 0 bridgehead atoms. The molecule has 4 rings (SSSR count). The zero-order chi connectivity index (χ0) is 18.6. The molecule has 0 radical (unpaired) electrons. The zero-order valence-corrected chi connectivity index (χ0v) is 18.2. The van der Waals surface area contributed by atoms with Gasteiger partial charge in [0.25, 0.3) is 0 Å². The summed E-state index contributed by atoms with van der Waals surface area (Å²) in [6.07, 6.45) is 1.84. The molecule has 0 fully saturated rings. The number of aryl methyl sites for hydroxylation is 1. The van der Waals surface area contributed by atoms with E-state index in [2.05, 4.69) is 45.7 Å². The molecule has 144 valence electrons. The molecule has 0 aliphatic carbocycles. The van der Waals surface area contributed by atoms with E-state index >= 15 is 0 Å². The minimum Gasteiger partial charge on any atom is -0.459 e. The third kappa shape index (κ3) is 4.11. The predicted molar refractivity (Wildman–Crippen MR) is 125 cm³/mol. The Morgan fingerprint density at radius 1 is 0.964 bits per heavy atom. The summed E-state index contributed by atoms with van der Waals surface area (Å²) in [5, 5.41) is 10.1. The Morgan fingerprint density at radius 3 is 2.46 bits per heavy atom. The van der Waals surface area contributed by atoms with Crippen molar-refractivity contribution in [1.82, 2.24) is 15.6 Å². The molecule has 0 spiro atoms. The lowest BCUT2D eigenvalue weighted by Crippen LogP contribution is -2.36. The molecule has 0 aliphatic rings. The first-order valence-corrected chi connectivity index (χ1v) is 9.00. The van der Waals surface area contributed by atoms with Crippen molar-refractivity contribution in [3.8, 4) is 0 Å². The Morgan fingerprint density at radius 2 is 1.68 bits per heavy atom. The number of halogens is 1. The van der Waals surface area contributed by atoms with Crippen LogP contribution in [-0.4, -0.2) is 18.0 Å². The van der Waals surface area contributed by atoms with Crippen LogP contribution in [0.25, 0.3) is 21.7 Å². The van der Waals surface area contributed by atoms with Gasteiger partial charge in [-0.1, -0.05) is 42.5 Å². The number of fused-ring (bicyclic) bond motifs is 2. The second-order valence-corrected chi connectivity index (χ2v) is 6.40. The van der Waals surface area contributed by atoms with Gasteiger partial charge in [-0.3, -0.25) is 9.98 Å². The van der Waals surface area contributed by atoms with Crippen LogP contribution in [0.15, 0.2) is 70.2 Å². The fourth-order valence-corrected chi connectivity index (χ4v) is 3.27. The lowest BCUT2D eigenvalue weighted by atomic mass is 10.1. The van der Waals surface area contributed by atoms with Crippen molar-refractivity contribution in [2.75, 3.05) is 7.05 Å². The fourth-order valence-electron chi connectivity index (χ4n) is 3.27. The van der Waals surface area contributed by atoms with Crippen LogP contribution in [0.2, 0.25) is 0 Å². The smallest absolute Gasteiger partial charge is 0.191 e. The maximum absolute atomic E-state index is 5.96. The molecule has 5 nitrogen and oxygen atoms in total. The lowest BCUT2D eigenvalue weighted by Gasteiger charge is -2.12. The summed E-state index contributed by atoms with van der Waals surface area (Å²) in [7, 11) is 1.76. The minimum atomic E-state index is 0. The lowest BCUT2D eigenvalue weighted by molar-refractivity contribution is 0.534. The maximum atomic E-state index is 5.96. The summed E-state index contributed by atoms with van der Waals surface area (Å²) in [6.45, 7) is 3.25. The maximum Gasteiger partial charge on any atom is 0.191 e. The Labute approximate surface area is 181 Å². The number of rotatable bonds is 4. The Kier molecular flexibility index (Phi) is 6.51. The summed E-state index contributed by atoms with van der Waals surface area (Å²) in [5.41, 5.74) is 3.06. The number of nitrogens with one attached hydrogen (secondary N) is 2. The van der Waals surface area contributed by atoms with Gasteiger partial charge in [0.1, 0.15) is 11.3 Å². The summed E-state index contributed by atoms with van der Waals surface area (Å²) in [4.78, 5) is 8.82. The number of nitrogens with zero attached hydrogens (tertiary/aromatic N) is 2. The molecule has 2 N–H and O–H groups in total. The van der Waals surface area contributed by atoms with Crippen molar-refractivity contribution in [2.45, 2.75) is 20.0 Å². The highest BCUT2D eigenvalue weighted by Crippen LogP contribution is 2.24. The van der Waals surface area contributed by atoms with Gasteiger partial charge in [0.2, 0.25) is 0 Å². The average molecular weight is 486 g/mol. The molecule has 6 heteroatoms. The zero-order valence-electron chi connectivity index (χ0n) is 15.9. The van der Waals surface area contributed by atoms with Gasteiger partial charge in [0, 0.05) is 29.6 Å². The standard InChI is InChI=1S/C22H22N4O.HI/c1-15-17-8-5-6-10-20(17)27-21(15)14-26-22(23-2)25-13-19-18-9-4-3-7-16(18)11-12-24-19;/h3-12H,13-14H2,1-2H3,(H2,23,25,26);1H. The first-order valence-electron chi connectivity index (χ1n) is 9.00. The SMILES string of the molecule is CN=C(NCc1oc2ccccc2c1C)NCc1nccc2ccccc12.I. The van der Waals surface area contributed by atoms with E-state index in [1.807, 2.05) is 42.6 Å². The van der Waals surface area contributed by atoms with Crippen LogP contribution in [0.4, 0.5) is 0 Å². The number of hydrogen-bond donors (Lipinski definition) is 2. The molecule has 0 saturated heterocycles. The van der Waals surface area contributed by atoms with Crippen molar-refractivity contribution in [1.29, 1.82) is 0 Å². The minimum absolute atomic E-state index is 0. The molecule has 2 aromatic carbocycles. The molecule has 4 aromatic rings. The van der Waals surface area contributed by atoms with Gasteiger partial charge in [0.05, 0.1) is 18.8 Å². The number of pyridine rings is 1. The second kappa shape index (κ2) is 9.05. The topological polar surface area (TPSA) is 62.5 Å². The average Bonchev–Trinajstić information content (AvgIpc) is 3.04. The number of guanidine groups is 1. The highest BCUT2D eigenvalue weighted by molar-refractivity contribution is 14.0. The summed E-state index contributed by atoms with van der Waals surface area (Å²) in [6, 6.07) is 18.4. The summed E-state index contributed by atoms with van der Waals surface area (Å²) < 4.78 is 5.96. The second-order valence-electron chi connectivity index (χ2n) is 6.40. The number of furan rings is 1. The van der Waals surface area contributed by atoms with E-state index in [1.54, 1.807) is 7.05 Å². The Balaban J connectivity index is 0.00000225. The number of hydrogen-bond acceptors (Lipinski definition) is 3. The van der Waals surface area contributed by atoms with Gasteiger partial charge in [-0.15, -0.1) is 24.0 Å². The molecule has 2 heterocycles. The van der Waals surface area contributed by atoms with Crippen molar-refractivity contribution in [2.24, 2.45) is 4.99 Å². The molecule has 0 aliphatic heterocycles.